The Balaban J connectivity index is 2.01. The van der Waals surface area contributed by atoms with Crippen molar-refractivity contribution in [1.29, 1.82) is 0 Å². The lowest BCUT2D eigenvalue weighted by Gasteiger charge is -2.40. The van der Waals surface area contributed by atoms with E-state index < -0.39 is 0 Å². The summed E-state index contributed by atoms with van der Waals surface area (Å²) in [5.41, 5.74) is 6.56. The first-order valence-electron chi connectivity index (χ1n) is 6.15. The molecule has 0 aliphatic carbocycles. The molecule has 0 amide bonds. The summed E-state index contributed by atoms with van der Waals surface area (Å²) >= 11 is 0. The van der Waals surface area contributed by atoms with Gasteiger partial charge >= 0.3 is 0 Å². The van der Waals surface area contributed by atoms with Crippen LogP contribution in [-0.2, 0) is 0 Å². The van der Waals surface area contributed by atoms with Gasteiger partial charge in [-0.15, -0.1) is 0 Å². The molecule has 0 aromatic heterocycles. The maximum atomic E-state index is 13.2. The minimum Gasteiger partial charge on any atom is -0.369 e. The molecule has 17 heavy (non-hydrogen) atoms. The van der Waals surface area contributed by atoms with Crippen molar-refractivity contribution in [2.45, 2.75) is 13.0 Å². The summed E-state index contributed by atoms with van der Waals surface area (Å²) in [5, 5.41) is 0. The first-order chi connectivity index (χ1) is 8.20. The minimum absolute atomic E-state index is 0.167. The summed E-state index contributed by atoms with van der Waals surface area (Å²) in [6.45, 7) is 6.70. The van der Waals surface area contributed by atoms with Crippen LogP contribution in [0.3, 0.4) is 0 Å². The fourth-order valence-electron chi connectivity index (χ4n) is 2.40. The SMILES string of the molecule is CC1CN(c2cccc(F)c2)CCN1CCN. The van der Waals surface area contributed by atoms with E-state index in [2.05, 4.69) is 16.7 Å². The first kappa shape index (κ1) is 12.3. The van der Waals surface area contributed by atoms with Gasteiger partial charge in [0.1, 0.15) is 5.82 Å². The van der Waals surface area contributed by atoms with Gasteiger partial charge in [0.2, 0.25) is 0 Å². The van der Waals surface area contributed by atoms with Crippen molar-refractivity contribution in [3.8, 4) is 0 Å². The molecule has 3 nitrogen and oxygen atoms in total. The molecule has 1 fully saturated rings. The monoisotopic (exact) mass is 237 g/mol. The van der Waals surface area contributed by atoms with Gasteiger partial charge in [-0.2, -0.15) is 0 Å². The molecule has 1 unspecified atom stereocenters. The number of anilines is 1. The average Bonchev–Trinajstić information content (AvgIpc) is 2.32. The van der Waals surface area contributed by atoms with E-state index in [1.165, 1.54) is 6.07 Å². The second-order valence-corrected chi connectivity index (χ2v) is 4.60. The molecule has 1 aliphatic rings. The van der Waals surface area contributed by atoms with Gasteiger partial charge in [-0.05, 0) is 25.1 Å². The Morgan fingerprint density at radius 3 is 2.88 bits per heavy atom. The van der Waals surface area contributed by atoms with E-state index in [9.17, 15) is 4.39 Å². The van der Waals surface area contributed by atoms with Crippen LogP contribution in [0.25, 0.3) is 0 Å². The molecule has 2 N–H and O–H groups in total. The lowest BCUT2D eigenvalue weighted by molar-refractivity contribution is 0.195. The maximum absolute atomic E-state index is 13.2. The largest absolute Gasteiger partial charge is 0.369 e. The Morgan fingerprint density at radius 1 is 1.41 bits per heavy atom. The molecule has 1 aromatic rings. The lowest BCUT2D eigenvalue weighted by atomic mass is 10.1. The predicted octanol–water partition coefficient (Wildman–Crippen LogP) is 1.29. The predicted molar refractivity (Wildman–Crippen MR) is 68.7 cm³/mol. The molecule has 94 valence electrons. The van der Waals surface area contributed by atoms with Crippen molar-refractivity contribution in [3.05, 3.63) is 30.1 Å². The molecule has 0 spiro atoms. The van der Waals surface area contributed by atoms with Crippen LogP contribution >= 0.6 is 0 Å². The van der Waals surface area contributed by atoms with Gasteiger partial charge in [-0.25, -0.2) is 4.39 Å². The third-order valence-electron chi connectivity index (χ3n) is 3.35. The van der Waals surface area contributed by atoms with Gasteiger partial charge in [0.25, 0.3) is 0 Å². The second-order valence-electron chi connectivity index (χ2n) is 4.60. The van der Waals surface area contributed by atoms with Gasteiger partial charge in [0.15, 0.2) is 0 Å². The molecule has 1 aliphatic heterocycles. The normalized spacial score (nSPS) is 21.8. The number of nitrogens with zero attached hydrogens (tertiary/aromatic N) is 2. The summed E-state index contributed by atoms with van der Waals surface area (Å²) < 4.78 is 13.2. The molecule has 2 rings (SSSR count). The van der Waals surface area contributed by atoms with Gasteiger partial charge < -0.3 is 10.6 Å². The molecular weight excluding hydrogens is 217 g/mol. The van der Waals surface area contributed by atoms with Crippen LogP contribution in [0.2, 0.25) is 0 Å². The molecule has 1 saturated heterocycles. The highest BCUT2D eigenvalue weighted by atomic mass is 19.1. The Kier molecular flexibility index (Phi) is 3.97. The van der Waals surface area contributed by atoms with E-state index in [1.807, 2.05) is 6.07 Å². The van der Waals surface area contributed by atoms with E-state index in [0.29, 0.717) is 12.6 Å². The number of nitrogens with two attached hydrogens (primary N) is 1. The van der Waals surface area contributed by atoms with Crippen LogP contribution in [0.15, 0.2) is 24.3 Å². The molecule has 0 radical (unpaired) electrons. The van der Waals surface area contributed by atoms with Crippen LogP contribution < -0.4 is 10.6 Å². The number of benzene rings is 1. The zero-order valence-corrected chi connectivity index (χ0v) is 10.3. The number of hydrogen-bond acceptors (Lipinski definition) is 3. The molecule has 0 bridgehead atoms. The van der Waals surface area contributed by atoms with Gasteiger partial charge in [0.05, 0.1) is 0 Å². The Morgan fingerprint density at radius 2 is 2.24 bits per heavy atom. The highest BCUT2D eigenvalue weighted by molar-refractivity contribution is 5.47. The smallest absolute Gasteiger partial charge is 0.125 e. The average molecular weight is 237 g/mol. The molecule has 1 atom stereocenters. The van der Waals surface area contributed by atoms with Crippen molar-refractivity contribution in [2.75, 3.05) is 37.6 Å². The van der Waals surface area contributed by atoms with Crippen molar-refractivity contribution in [2.24, 2.45) is 5.73 Å². The zero-order chi connectivity index (χ0) is 12.3. The maximum Gasteiger partial charge on any atom is 0.125 e. The van der Waals surface area contributed by atoms with Crippen LogP contribution in [0, 0.1) is 5.82 Å². The van der Waals surface area contributed by atoms with Crippen LogP contribution in [0.4, 0.5) is 10.1 Å². The van der Waals surface area contributed by atoms with Crippen LogP contribution in [0.5, 0.6) is 0 Å². The fraction of sp³-hybridized carbons (Fsp3) is 0.538. The second kappa shape index (κ2) is 5.47. The van der Waals surface area contributed by atoms with E-state index in [4.69, 9.17) is 5.73 Å². The number of piperazine rings is 1. The fourth-order valence-corrected chi connectivity index (χ4v) is 2.40. The third kappa shape index (κ3) is 2.96. The molecule has 1 aromatic carbocycles. The zero-order valence-electron chi connectivity index (χ0n) is 10.3. The van der Waals surface area contributed by atoms with E-state index in [1.54, 1.807) is 12.1 Å². The van der Waals surface area contributed by atoms with Gasteiger partial charge in [0, 0.05) is 44.5 Å². The van der Waals surface area contributed by atoms with E-state index in [0.717, 1.165) is 31.9 Å². The molecule has 1 heterocycles. The number of rotatable bonds is 3. The molecule has 0 saturated carbocycles. The van der Waals surface area contributed by atoms with Crippen molar-refractivity contribution >= 4 is 5.69 Å². The van der Waals surface area contributed by atoms with E-state index in [-0.39, 0.29) is 5.82 Å². The van der Waals surface area contributed by atoms with Crippen LogP contribution in [-0.4, -0.2) is 43.7 Å². The minimum atomic E-state index is -0.167. The summed E-state index contributed by atoms with van der Waals surface area (Å²) in [5.74, 6) is -0.167. The summed E-state index contributed by atoms with van der Waals surface area (Å²) in [7, 11) is 0. The van der Waals surface area contributed by atoms with Crippen LogP contribution in [0.1, 0.15) is 6.92 Å². The summed E-state index contributed by atoms with van der Waals surface area (Å²) in [6, 6.07) is 7.29. The molecular formula is C13H20FN3. The van der Waals surface area contributed by atoms with Gasteiger partial charge in [-0.3, -0.25) is 4.90 Å². The molecule has 4 heteroatoms. The third-order valence-corrected chi connectivity index (χ3v) is 3.35. The highest BCUT2D eigenvalue weighted by Gasteiger charge is 2.23. The number of halogens is 1. The number of hydrogen-bond donors (Lipinski definition) is 1. The lowest BCUT2D eigenvalue weighted by Crippen LogP contribution is -2.53. The highest BCUT2D eigenvalue weighted by Crippen LogP contribution is 2.19. The Labute approximate surface area is 102 Å². The summed E-state index contributed by atoms with van der Waals surface area (Å²) in [4.78, 5) is 4.62. The Hall–Kier alpha value is -1.13. The van der Waals surface area contributed by atoms with Crippen molar-refractivity contribution < 1.29 is 4.39 Å². The van der Waals surface area contributed by atoms with Crippen molar-refractivity contribution in [3.63, 3.8) is 0 Å². The topological polar surface area (TPSA) is 32.5 Å². The standard InChI is InChI=1S/C13H20FN3/c1-11-10-17(8-7-16(11)6-5-15)13-4-2-3-12(14)9-13/h2-4,9,11H,5-8,10,15H2,1H3. The summed E-state index contributed by atoms with van der Waals surface area (Å²) in [6.07, 6.45) is 0. The van der Waals surface area contributed by atoms with E-state index >= 15 is 0 Å². The van der Waals surface area contributed by atoms with Crippen molar-refractivity contribution in [1.82, 2.24) is 4.90 Å². The Bertz CT molecular complexity index is 369. The first-order valence-corrected chi connectivity index (χ1v) is 6.15. The quantitative estimate of drug-likeness (QED) is 0.860. The van der Waals surface area contributed by atoms with Gasteiger partial charge in [-0.1, -0.05) is 6.07 Å².